The second-order valence-corrected chi connectivity index (χ2v) is 5.16. The average Bonchev–Trinajstić information content (AvgIpc) is 2.33. The Morgan fingerprint density at radius 1 is 1.00 bits per heavy atom. The first kappa shape index (κ1) is 12.5. The fraction of sp³-hybridized carbons (Fsp3) is 0.571. The van der Waals surface area contributed by atoms with Crippen LogP contribution in [0.4, 0.5) is 13.2 Å². The molecule has 17 heavy (non-hydrogen) atoms. The maximum absolute atomic E-state index is 13.5. The average molecular weight is 242 g/mol. The standard InChI is InChI=1S/C14H17F3/c1-9-2-4-10(5-3-9)8-11-6-7-12(15)14(17)13(11)16/h6-7,9-10H,2-5,8H2,1H3. The lowest BCUT2D eigenvalue weighted by atomic mass is 9.80. The molecule has 0 N–H and O–H groups in total. The Hall–Kier alpha value is -0.990. The molecule has 0 spiro atoms. The Kier molecular flexibility index (Phi) is 3.75. The van der Waals surface area contributed by atoms with Crippen LogP contribution in [0.5, 0.6) is 0 Å². The molecule has 0 aliphatic heterocycles. The van der Waals surface area contributed by atoms with Gasteiger partial charge in [0.1, 0.15) is 0 Å². The summed E-state index contributed by atoms with van der Waals surface area (Å²) < 4.78 is 39.3. The second kappa shape index (κ2) is 5.11. The quantitative estimate of drug-likeness (QED) is 0.671. The molecule has 0 bridgehead atoms. The highest BCUT2D eigenvalue weighted by Gasteiger charge is 2.21. The normalized spacial score (nSPS) is 24.9. The molecule has 0 amide bonds. The van der Waals surface area contributed by atoms with Crippen molar-refractivity contribution in [2.75, 3.05) is 0 Å². The van der Waals surface area contributed by atoms with Crippen LogP contribution >= 0.6 is 0 Å². The van der Waals surface area contributed by atoms with Crippen molar-refractivity contribution in [3.05, 3.63) is 35.1 Å². The van der Waals surface area contributed by atoms with Crippen molar-refractivity contribution in [2.45, 2.75) is 39.0 Å². The van der Waals surface area contributed by atoms with Gasteiger partial charge in [0.05, 0.1) is 0 Å². The molecule has 1 aromatic rings. The highest BCUT2D eigenvalue weighted by Crippen LogP contribution is 2.31. The van der Waals surface area contributed by atoms with Gasteiger partial charge in [0.25, 0.3) is 0 Å². The molecule has 0 aromatic heterocycles. The van der Waals surface area contributed by atoms with Crippen LogP contribution in [0.2, 0.25) is 0 Å². The Balaban J connectivity index is 2.06. The summed E-state index contributed by atoms with van der Waals surface area (Å²) in [6, 6.07) is 2.38. The molecule has 1 saturated carbocycles. The van der Waals surface area contributed by atoms with Crippen LogP contribution in [0.25, 0.3) is 0 Å². The fourth-order valence-electron chi connectivity index (χ4n) is 2.57. The Morgan fingerprint density at radius 3 is 2.29 bits per heavy atom. The van der Waals surface area contributed by atoms with Gasteiger partial charge in [0, 0.05) is 0 Å². The molecule has 0 atom stereocenters. The molecule has 0 unspecified atom stereocenters. The third kappa shape index (κ3) is 2.82. The van der Waals surface area contributed by atoms with Crippen molar-refractivity contribution in [3.63, 3.8) is 0 Å². The minimum Gasteiger partial charge on any atom is -0.204 e. The molecule has 1 aromatic carbocycles. The predicted molar refractivity (Wildman–Crippen MR) is 61.1 cm³/mol. The summed E-state index contributed by atoms with van der Waals surface area (Å²) in [6.07, 6.45) is 4.93. The zero-order valence-corrected chi connectivity index (χ0v) is 9.98. The summed E-state index contributed by atoms with van der Waals surface area (Å²) in [5.41, 5.74) is 0.309. The topological polar surface area (TPSA) is 0 Å². The molecule has 0 radical (unpaired) electrons. The summed E-state index contributed by atoms with van der Waals surface area (Å²) in [4.78, 5) is 0. The lowest BCUT2D eigenvalue weighted by Gasteiger charge is -2.26. The van der Waals surface area contributed by atoms with Crippen LogP contribution in [0.1, 0.15) is 38.2 Å². The van der Waals surface area contributed by atoms with Gasteiger partial charge >= 0.3 is 0 Å². The van der Waals surface area contributed by atoms with Crippen LogP contribution < -0.4 is 0 Å². The molecule has 0 nitrogen and oxygen atoms in total. The van der Waals surface area contributed by atoms with E-state index >= 15 is 0 Å². The molecular weight excluding hydrogens is 225 g/mol. The van der Waals surface area contributed by atoms with E-state index in [1.165, 1.54) is 6.07 Å². The second-order valence-electron chi connectivity index (χ2n) is 5.16. The van der Waals surface area contributed by atoms with Crippen LogP contribution in [0.3, 0.4) is 0 Å². The van der Waals surface area contributed by atoms with Gasteiger partial charge in [-0.3, -0.25) is 0 Å². The van der Waals surface area contributed by atoms with Gasteiger partial charge in [-0.15, -0.1) is 0 Å². The first-order valence-electron chi connectivity index (χ1n) is 6.20. The monoisotopic (exact) mass is 242 g/mol. The number of benzene rings is 1. The van der Waals surface area contributed by atoms with Gasteiger partial charge in [-0.2, -0.15) is 0 Å². The third-order valence-corrected chi connectivity index (χ3v) is 3.76. The number of hydrogen-bond donors (Lipinski definition) is 0. The third-order valence-electron chi connectivity index (χ3n) is 3.76. The molecule has 94 valence electrons. The first-order chi connectivity index (χ1) is 8.08. The van der Waals surface area contributed by atoms with E-state index in [1.807, 2.05) is 0 Å². The molecule has 3 heteroatoms. The molecule has 1 fully saturated rings. The summed E-state index contributed by atoms with van der Waals surface area (Å²) in [5.74, 6) is -2.31. The summed E-state index contributed by atoms with van der Waals surface area (Å²) in [5, 5.41) is 0. The van der Waals surface area contributed by atoms with E-state index in [9.17, 15) is 13.2 Å². The van der Waals surface area contributed by atoms with E-state index in [0.717, 1.165) is 37.7 Å². The number of rotatable bonds is 2. The van der Waals surface area contributed by atoms with Crippen molar-refractivity contribution >= 4 is 0 Å². The van der Waals surface area contributed by atoms with Crippen LogP contribution in [0.15, 0.2) is 12.1 Å². The smallest absolute Gasteiger partial charge is 0.194 e. The summed E-state index contributed by atoms with van der Waals surface area (Å²) >= 11 is 0. The molecule has 0 saturated heterocycles. The van der Waals surface area contributed by atoms with Crippen molar-refractivity contribution < 1.29 is 13.2 Å². The molecule has 1 aliphatic carbocycles. The van der Waals surface area contributed by atoms with Crippen molar-refractivity contribution in [3.8, 4) is 0 Å². The van der Waals surface area contributed by atoms with Gasteiger partial charge in [-0.05, 0) is 42.7 Å². The summed E-state index contributed by atoms with van der Waals surface area (Å²) in [6.45, 7) is 2.22. The van der Waals surface area contributed by atoms with Crippen molar-refractivity contribution in [1.29, 1.82) is 0 Å². The maximum Gasteiger partial charge on any atom is 0.194 e. The van der Waals surface area contributed by atoms with Crippen LogP contribution in [-0.2, 0) is 6.42 Å². The highest BCUT2D eigenvalue weighted by atomic mass is 19.2. The number of halogens is 3. The first-order valence-corrected chi connectivity index (χ1v) is 6.20. The van der Waals surface area contributed by atoms with Crippen LogP contribution in [0, 0.1) is 29.3 Å². The predicted octanol–water partition coefficient (Wildman–Crippen LogP) is 4.47. The zero-order chi connectivity index (χ0) is 12.4. The lowest BCUT2D eigenvalue weighted by Crippen LogP contribution is -2.15. The summed E-state index contributed by atoms with van der Waals surface area (Å²) in [7, 11) is 0. The van der Waals surface area contributed by atoms with E-state index in [0.29, 0.717) is 17.9 Å². The minimum atomic E-state index is -1.34. The van der Waals surface area contributed by atoms with Crippen LogP contribution in [-0.4, -0.2) is 0 Å². The van der Waals surface area contributed by atoms with E-state index in [4.69, 9.17) is 0 Å². The SMILES string of the molecule is CC1CCC(Cc2ccc(F)c(F)c2F)CC1. The van der Waals surface area contributed by atoms with Gasteiger partial charge < -0.3 is 0 Å². The van der Waals surface area contributed by atoms with E-state index in [2.05, 4.69) is 6.92 Å². The zero-order valence-electron chi connectivity index (χ0n) is 9.98. The number of hydrogen-bond acceptors (Lipinski definition) is 0. The van der Waals surface area contributed by atoms with Gasteiger partial charge in [-0.25, -0.2) is 13.2 Å². The Morgan fingerprint density at radius 2 is 1.65 bits per heavy atom. The van der Waals surface area contributed by atoms with Gasteiger partial charge in [0.15, 0.2) is 17.5 Å². The lowest BCUT2D eigenvalue weighted by molar-refractivity contribution is 0.286. The van der Waals surface area contributed by atoms with E-state index < -0.39 is 17.5 Å². The van der Waals surface area contributed by atoms with Crippen molar-refractivity contribution in [2.24, 2.45) is 11.8 Å². The van der Waals surface area contributed by atoms with Gasteiger partial charge in [0.2, 0.25) is 0 Å². The van der Waals surface area contributed by atoms with E-state index in [-0.39, 0.29) is 0 Å². The minimum absolute atomic E-state index is 0.309. The van der Waals surface area contributed by atoms with Gasteiger partial charge in [-0.1, -0.05) is 25.8 Å². The molecule has 2 rings (SSSR count). The Labute approximate surface area is 99.8 Å². The Bertz CT molecular complexity index is 393. The molecule has 0 heterocycles. The van der Waals surface area contributed by atoms with Crippen molar-refractivity contribution in [1.82, 2.24) is 0 Å². The van der Waals surface area contributed by atoms with E-state index in [1.54, 1.807) is 0 Å². The largest absolute Gasteiger partial charge is 0.204 e. The maximum atomic E-state index is 13.5. The fourth-order valence-corrected chi connectivity index (χ4v) is 2.57. The molecule has 1 aliphatic rings. The highest BCUT2D eigenvalue weighted by molar-refractivity contribution is 5.20. The molecular formula is C14H17F3.